The second-order valence-electron chi connectivity index (χ2n) is 7.51. The summed E-state index contributed by atoms with van der Waals surface area (Å²) in [6, 6.07) is 0. The molecular formula is C23H50. The molecule has 0 aliphatic heterocycles. The summed E-state index contributed by atoms with van der Waals surface area (Å²) >= 11 is 0. The molecule has 23 heavy (non-hydrogen) atoms. The molecule has 0 aromatic rings. The summed E-state index contributed by atoms with van der Waals surface area (Å²) in [5.74, 6) is 4.00. The Labute approximate surface area is 150 Å². The van der Waals surface area contributed by atoms with Crippen LogP contribution in [0.5, 0.6) is 0 Å². The molecular weight excluding hydrogens is 276 g/mol. The average molecular weight is 327 g/mol. The van der Waals surface area contributed by atoms with Crippen molar-refractivity contribution in [2.24, 2.45) is 23.7 Å². The van der Waals surface area contributed by atoms with E-state index in [1.54, 1.807) is 0 Å². The summed E-state index contributed by atoms with van der Waals surface area (Å²) in [6.07, 6.45) is 16.2. The lowest BCUT2D eigenvalue weighted by molar-refractivity contribution is 0.260. The molecule has 4 atom stereocenters. The van der Waals surface area contributed by atoms with Crippen molar-refractivity contribution in [1.82, 2.24) is 0 Å². The third-order valence-corrected chi connectivity index (χ3v) is 5.18. The van der Waals surface area contributed by atoms with E-state index in [0.717, 1.165) is 23.7 Å². The Balaban J connectivity index is 0. The van der Waals surface area contributed by atoms with Gasteiger partial charge in [0.2, 0.25) is 0 Å². The van der Waals surface area contributed by atoms with E-state index >= 15 is 0 Å². The molecule has 0 aromatic carbocycles. The van der Waals surface area contributed by atoms with Crippen molar-refractivity contribution in [3.8, 4) is 0 Å². The van der Waals surface area contributed by atoms with E-state index in [4.69, 9.17) is 0 Å². The zero-order valence-corrected chi connectivity index (χ0v) is 18.1. The maximum Gasteiger partial charge on any atom is -0.0409 e. The Morgan fingerprint density at radius 2 is 1.43 bits per heavy atom. The highest BCUT2D eigenvalue weighted by Crippen LogP contribution is 2.35. The van der Waals surface area contributed by atoms with Crippen LogP contribution in [0.3, 0.4) is 0 Å². The maximum atomic E-state index is 2.48. The van der Waals surface area contributed by atoms with Gasteiger partial charge in [-0.15, -0.1) is 0 Å². The maximum absolute atomic E-state index is 2.48. The van der Waals surface area contributed by atoms with E-state index in [0.29, 0.717) is 0 Å². The van der Waals surface area contributed by atoms with Gasteiger partial charge in [0.05, 0.1) is 0 Å². The fourth-order valence-corrected chi connectivity index (χ4v) is 4.34. The Kier molecular flexibility index (Phi) is 20.1. The quantitative estimate of drug-likeness (QED) is 0.390. The molecule has 0 amide bonds. The Morgan fingerprint density at radius 1 is 0.870 bits per heavy atom. The van der Waals surface area contributed by atoms with Gasteiger partial charge < -0.3 is 0 Å². The van der Waals surface area contributed by atoms with Crippen LogP contribution in [0.25, 0.3) is 0 Å². The third kappa shape index (κ3) is 14.1. The van der Waals surface area contributed by atoms with Crippen molar-refractivity contribution >= 4 is 0 Å². The Hall–Kier alpha value is 0. The molecule has 1 saturated carbocycles. The fraction of sp³-hybridized carbons (Fsp3) is 1.00. The minimum Gasteiger partial charge on any atom is -0.0683 e. The first kappa shape index (κ1) is 25.2. The first-order chi connectivity index (χ1) is 11.2. The van der Waals surface area contributed by atoms with E-state index in [-0.39, 0.29) is 0 Å². The van der Waals surface area contributed by atoms with Gasteiger partial charge in [0.1, 0.15) is 0 Å². The molecule has 0 radical (unpaired) electrons. The van der Waals surface area contributed by atoms with Gasteiger partial charge in [0.15, 0.2) is 0 Å². The molecule has 1 fully saturated rings. The van der Waals surface area contributed by atoms with Crippen LogP contribution >= 0.6 is 0 Å². The molecule has 1 rings (SSSR count). The van der Waals surface area contributed by atoms with Crippen LogP contribution in [0.2, 0.25) is 0 Å². The summed E-state index contributed by atoms with van der Waals surface area (Å²) in [4.78, 5) is 0. The van der Waals surface area contributed by atoms with Crippen molar-refractivity contribution in [3.63, 3.8) is 0 Å². The number of hydrogen-bond donors (Lipinski definition) is 0. The van der Waals surface area contributed by atoms with Crippen molar-refractivity contribution < 1.29 is 0 Å². The largest absolute Gasteiger partial charge is 0.0683 e. The first-order valence-electron chi connectivity index (χ1n) is 11.2. The van der Waals surface area contributed by atoms with Crippen LogP contribution in [0, 0.1) is 23.7 Å². The highest BCUT2D eigenvalue weighted by molar-refractivity contribution is 4.74. The predicted octanol–water partition coefficient (Wildman–Crippen LogP) is 8.89. The van der Waals surface area contributed by atoms with Gasteiger partial charge in [-0.1, -0.05) is 107 Å². The van der Waals surface area contributed by atoms with Gasteiger partial charge in [-0.05, 0) is 42.9 Å². The van der Waals surface area contributed by atoms with Crippen molar-refractivity contribution in [2.75, 3.05) is 0 Å². The monoisotopic (exact) mass is 326 g/mol. The summed E-state index contributed by atoms with van der Waals surface area (Å²) in [5.41, 5.74) is 0. The van der Waals surface area contributed by atoms with E-state index < -0.39 is 0 Å². The zero-order valence-electron chi connectivity index (χ0n) is 18.1. The van der Waals surface area contributed by atoms with Crippen LogP contribution in [0.15, 0.2) is 0 Å². The number of hydrogen-bond acceptors (Lipinski definition) is 0. The Bertz CT molecular complexity index is 208. The minimum absolute atomic E-state index is 0.949. The van der Waals surface area contributed by atoms with Gasteiger partial charge in [-0.25, -0.2) is 0 Å². The highest BCUT2D eigenvalue weighted by Gasteiger charge is 2.21. The average Bonchev–Trinajstić information content (AvgIpc) is 2.75. The lowest BCUT2D eigenvalue weighted by atomic mass is 9.80. The fourth-order valence-electron chi connectivity index (χ4n) is 4.34. The van der Waals surface area contributed by atoms with Gasteiger partial charge in [0.25, 0.3) is 0 Å². The van der Waals surface area contributed by atoms with Crippen LogP contribution < -0.4 is 0 Å². The molecule has 0 heterocycles. The van der Waals surface area contributed by atoms with Crippen LogP contribution in [0.4, 0.5) is 0 Å². The topological polar surface area (TPSA) is 0 Å². The molecule has 0 nitrogen and oxygen atoms in total. The normalized spacial score (nSPS) is 23.5. The van der Waals surface area contributed by atoms with Gasteiger partial charge in [0, 0.05) is 0 Å². The molecule has 0 heteroatoms. The molecule has 1 aliphatic carbocycles. The predicted molar refractivity (Wildman–Crippen MR) is 110 cm³/mol. The first-order valence-corrected chi connectivity index (χ1v) is 11.2. The van der Waals surface area contributed by atoms with Crippen molar-refractivity contribution in [1.29, 1.82) is 0 Å². The van der Waals surface area contributed by atoms with Gasteiger partial charge >= 0.3 is 0 Å². The molecule has 0 aromatic heterocycles. The van der Waals surface area contributed by atoms with E-state index in [9.17, 15) is 0 Å². The molecule has 0 N–H and O–H groups in total. The second-order valence-corrected chi connectivity index (χ2v) is 7.51. The molecule has 142 valence electrons. The highest BCUT2D eigenvalue weighted by atomic mass is 14.3. The summed E-state index contributed by atoms with van der Waals surface area (Å²) in [6.45, 7) is 17.7. The summed E-state index contributed by atoms with van der Waals surface area (Å²) in [5, 5.41) is 0. The summed E-state index contributed by atoms with van der Waals surface area (Å²) in [7, 11) is 0. The molecule has 1 aliphatic rings. The second kappa shape index (κ2) is 18.3. The van der Waals surface area contributed by atoms with E-state index in [1.165, 1.54) is 70.6 Å². The van der Waals surface area contributed by atoms with Crippen molar-refractivity contribution in [3.05, 3.63) is 0 Å². The van der Waals surface area contributed by atoms with Crippen molar-refractivity contribution in [2.45, 2.75) is 126 Å². The molecule has 4 unspecified atom stereocenters. The van der Waals surface area contributed by atoms with Gasteiger partial charge in [-0.3, -0.25) is 0 Å². The number of rotatable bonds is 8. The zero-order chi connectivity index (χ0) is 18.1. The van der Waals surface area contributed by atoms with E-state index in [1.807, 2.05) is 27.7 Å². The smallest absolute Gasteiger partial charge is 0.0409 e. The molecule has 0 spiro atoms. The lowest BCUT2D eigenvalue weighted by Crippen LogP contribution is -2.13. The van der Waals surface area contributed by atoms with Crippen LogP contribution in [-0.4, -0.2) is 0 Å². The standard InChI is InChI=1S/C19H38.2C2H6/c1-5-9-16(3)13-18(10-6-2)15-19-12-8-7-11-17(4)14-19;2*1-2/h16-19H,5-15H2,1-4H3;2*1-2H3. The Morgan fingerprint density at radius 3 is 2.00 bits per heavy atom. The third-order valence-electron chi connectivity index (χ3n) is 5.18. The van der Waals surface area contributed by atoms with Crippen LogP contribution in [0.1, 0.15) is 126 Å². The molecule has 0 saturated heterocycles. The van der Waals surface area contributed by atoms with Gasteiger partial charge in [-0.2, -0.15) is 0 Å². The van der Waals surface area contributed by atoms with Crippen LogP contribution in [-0.2, 0) is 0 Å². The molecule has 0 bridgehead atoms. The SMILES string of the molecule is CC.CC.CCCC(C)CC(CCC)CC1CCCCC(C)C1. The minimum atomic E-state index is 0.949. The lowest BCUT2D eigenvalue weighted by Gasteiger charge is -2.26. The summed E-state index contributed by atoms with van der Waals surface area (Å²) < 4.78 is 0. The van der Waals surface area contributed by atoms with E-state index in [2.05, 4.69) is 27.7 Å².